The maximum Gasteiger partial charge on any atom is 0.265 e. The topological polar surface area (TPSA) is 82.6 Å². The average molecular weight is 469 g/mol. The molecule has 0 unspecified atom stereocenters. The van der Waals surface area contributed by atoms with Crippen LogP contribution in [0.25, 0.3) is 10.6 Å². The van der Waals surface area contributed by atoms with Crippen molar-refractivity contribution < 1.29 is 14.4 Å². The number of amides is 3. The Hall–Kier alpha value is -2.74. The molecule has 2 aliphatic heterocycles. The Morgan fingerprint density at radius 1 is 1.15 bits per heavy atom. The molecule has 0 radical (unpaired) electrons. The number of nitrogens with one attached hydrogen (secondary N) is 1. The summed E-state index contributed by atoms with van der Waals surface area (Å²) in [7, 11) is 0. The van der Waals surface area contributed by atoms with E-state index in [0.717, 1.165) is 55.0 Å². The summed E-state index contributed by atoms with van der Waals surface area (Å²) in [6.45, 7) is 5.42. The van der Waals surface area contributed by atoms with Crippen LogP contribution < -0.4 is 5.32 Å². The fourth-order valence-corrected chi connectivity index (χ4v) is 5.59. The highest BCUT2D eigenvalue weighted by molar-refractivity contribution is 7.17. The van der Waals surface area contributed by atoms with Crippen LogP contribution in [-0.2, 0) is 9.59 Å². The molecule has 4 rings (SSSR count). The first-order chi connectivity index (χ1) is 16.0. The first-order valence-corrected chi connectivity index (χ1v) is 12.7. The van der Waals surface area contributed by atoms with Crippen molar-refractivity contribution in [2.75, 3.05) is 32.7 Å². The third-order valence-electron chi connectivity index (χ3n) is 6.49. The lowest BCUT2D eigenvalue weighted by atomic mass is 9.93. The number of likely N-dealkylation sites (tertiary alicyclic amines) is 2. The van der Waals surface area contributed by atoms with Crippen LogP contribution in [0.5, 0.6) is 0 Å². The van der Waals surface area contributed by atoms with Crippen LogP contribution in [0.3, 0.4) is 0 Å². The second-order valence-corrected chi connectivity index (χ2v) is 9.93. The number of hydrogen-bond acceptors (Lipinski definition) is 5. The average Bonchev–Trinajstić information content (AvgIpc) is 3.42. The monoisotopic (exact) mass is 468 g/mol. The highest BCUT2D eigenvalue weighted by atomic mass is 32.1. The van der Waals surface area contributed by atoms with E-state index < -0.39 is 0 Å². The summed E-state index contributed by atoms with van der Waals surface area (Å²) in [6.07, 6.45) is 4.58. The van der Waals surface area contributed by atoms with E-state index in [1.807, 2.05) is 47.1 Å². The van der Waals surface area contributed by atoms with E-state index in [1.54, 1.807) is 0 Å². The van der Waals surface area contributed by atoms with E-state index >= 15 is 0 Å². The number of rotatable bonds is 8. The van der Waals surface area contributed by atoms with E-state index in [4.69, 9.17) is 0 Å². The second kappa shape index (κ2) is 10.9. The fraction of sp³-hybridized carbons (Fsp3) is 0.520. The lowest BCUT2D eigenvalue weighted by Crippen LogP contribution is -2.39. The standard InChI is InChI=1S/C25H32N4O3S/c1-18-23(33-24(27-18)20-7-3-2-4-8-20)25(32)29-15-10-19(11-16-29)17-21(30)26-12-6-14-28-13-5-9-22(28)31/h2-4,7-8,19H,5-6,9-17H2,1H3,(H,26,30). The lowest BCUT2D eigenvalue weighted by Gasteiger charge is -2.31. The van der Waals surface area contributed by atoms with Gasteiger partial charge >= 0.3 is 0 Å². The van der Waals surface area contributed by atoms with Gasteiger partial charge in [-0.1, -0.05) is 30.3 Å². The van der Waals surface area contributed by atoms with Gasteiger partial charge in [-0.15, -0.1) is 11.3 Å². The third-order valence-corrected chi connectivity index (χ3v) is 7.68. The predicted octanol–water partition coefficient (Wildman–Crippen LogP) is 3.49. The van der Waals surface area contributed by atoms with Gasteiger partial charge in [-0.3, -0.25) is 14.4 Å². The number of carbonyl (C=O) groups is 3. The highest BCUT2D eigenvalue weighted by Gasteiger charge is 2.27. The van der Waals surface area contributed by atoms with Crippen LogP contribution in [0.2, 0.25) is 0 Å². The Bertz CT molecular complexity index is 983. The molecule has 2 aromatic rings. The molecule has 0 saturated carbocycles. The van der Waals surface area contributed by atoms with Crippen molar-refractivity contribution >= 4 is 29.1 Å². The molecular weight excluding hydrogens is 436 g/mol. The van der Waals surface area contributed by atoms with Gasteiger partial charge in [0.1, 0.15) is 9.88 Å². The molecular formula is C25H32N4O3S. The SMILES string of the molecule is Cc1nc(-c2ccccc2)sc1C(=O)N1CCC(CC(=O)NCCCN2CCCC2=O)CC1. The van der Waals surface area contributed by atoms with Crippen molar-refractivity contribution in [3.63, 3.8) is 0 Å². The van der Waals surface area contributed by atoms with E-state index in [-0.39, 0.29) is 17.7 Å². The van der Waals surface area contributed by atoms with E-state index in [1.165, 1.54) is 11.3 Å². The zero-order valence-electron chi connectivity index (χ0n) is 19.2. The molecule has 33 heavy (non-hydrogen) atoms. The Balaban J connectivity index is 1.19. The summed E-state index contributed by atoms with van der Waals surface area (Å²) >= 11 is 1.46. The lowest BCUT2D eigenvalue weighted by molar-refractivity contribution is -0.127. The quantitative estimate of drug-likeness (QED) is 0.601. The normalized spacial score (nSPS) is 16.9. The number of piperidine rings is 1. The summed E-state index contributed by atoms with van der Waals surface area (Å²) in [5, 5.41) is 3.86. The van der Waals surface area contributed by atoms with Crippen molar-refractivity contribution in [2.45, 2.75) is 45.4 Å². The molecule has 7 nitrogen and oxygen atoms in total. The van der Waals surface area contributed by atoms with Gasteiger partial charge in [-0.05, 0) is 38.5 Å². The first kappa shape index (κ1) is 23.4. The minimum Gasteiger partial charge on any atom is -0.356 e. The van der Waals surface area contributed by atoms with Crippen LogP contribution in [0, 0.1) is 12.8 Å². The number of benzene rings is 1. The first-order valence-electron chi connectivity index (χ1n) is 11.9. The number of hydrogen-bond donors (Lipinski definition) is 1. The number of aromatic nitrogens is 1. The van der Waals surface area contributed by atoms with Gasteiger partial charge < -0.3 is 15.1 Å². The van der Waals surface area contributed by atoms with Crippen LogP contribution in [0.15, 0.2) is 30.3 Å². The fourth-order valence-electron chi connectivity index (χ4n) is 4.56. The molecule has 0 atom stereocenters. The van der Waals surface area contributed by atoms with Crippen molar-refractivity contribution in [3.05, 3.63) is 40.9 Å². The number of thiazole rings is 1. The van der Waals surface area contributed by atoms with Crippen LogP contribution in [0.1, 0.15) is 53.9 Å². The molecule has 0 aliphatic carbocycles. The molecule has 1 aromatic carbocycles. The van der Waals surface area contributed by atoms with Gasteiger partial charge in [0, 0.05) is 51.1 Å². The molecule has 0 bridgehead atoms. The molecule has 1 aromatic heterocycles. The van der Waals surface area contributed by atoms with Gasteiger partial charge in [0.15, 0.2) is 0 Å². The zero-order valence-corrected chi connectivity index (χ0v) is 20.0. The van der Waals surface area contributed by atoms with Crippen LogP contribution in [-0.4, -0.2) is 65.2 Å². The Morgan fingerprint density at radius 3 is 2.61 bits per heavy atom. The maximum atomic E-state index is 13.1. The maximum absolute atomic E-state index is 13.1. The molecule has 1 N–H and O–H groups in total. The second-order valence-electron chi connectivity index (χ2n) is 8.93. The molecule has 176 valence electrons. The Kier molecular flexibility index (Phi) is 7.75. The number of carbonyl (C=O) groups excluding carboxylic acids is 3. The number of aryl methyl sites for hydroxylation is 1. The Morgan fingerprint density at radius 2 is 1.91 bits per heavy atom. The predicted molar refractivity (Wildman–Crippen MR) is 129 cm³/mol. The molecule has 0 spiro atoms. The smallest absolute Gasteiger partial charge is 0.265 e. The molecule has 8 heteroatoms. The largest absolute Gasteiger partial charge is 0.356 e. The number of nitrogens with zero attached hydrogens (tertiary/aromatic N) is 3. The van der Waals surface area contributed by atoms with Crippen molar-refractivity contribution in [3.8, 4) is 10.6 Å². The van der Waals surface area contributed by atoms with Gasteiger partial charge in [-0.25, -0.2) is 4.98 Å². The molecule has 3 amide bonds. The van der Waals surface area contributed by atoms with E-state index in [2.05, 4.69) is 10.3 Å². The van der Waals surface area contributed by atoms with Gasteiger partial charge in [0.05, 0.1) is 5.69 Å². The van der Waals surface area contributed by atoms with Crippen LogP contribution in [0.4, 0.5) is 0 Å². The summed E-state index contributed by atoms with van der Waals surface area (Å²) < 4.78 is 0. The molecule has 2 saturated heterocycles. The zero-order chi connectivity index (χ0) is 23.2. The van der Waals surface area contributed by atoms with Gasteiger partial charge in [0.2, 0.25) is 11.8 Å². The summed E-state index contributed by atoms with van der Waals surface area (Å²) in [4.78, 5) is 46.1. The molecule has 2 aliphatic rings. The minimum atomic E-state index is 0.0477. The van der Waals surface area contributed by atoms with E-state index in [9.17, 15) is 14.4 Å². The van der Waals surface area contributed by atoms with Crippen molar-refractivity contribution in [2.24, 2.45) is 5.92 Å². The third kappa shape index (κ3) is 5.99. The van der Waals surface area contributed by atoms with Crippen LogP contribution >= 0.6 is 11.3 Å². The minimum absolute atomic E-state index is 0.0477. The van der Waals surface area contributed by atoms with Crippen molar-refractivity contribution in [1.29, 1.82) is 0 Å². The van der Waals surface area contributed by atoms with E-state index in [0.29, 0.717) is 43.3 Å². The highest BCUT2D eigenvalue weighted by Crippen LogP contribution is 2.30. The summed E-state index contributed by atoms with van der Waals surface area (Å²) in [5.41, 5.74) is 1.81. The van der Waals surface area contributed by atoms with Gasteiger partial charge in [-0.2, -0.15) is 0 Å². The summed E-state index contributed by atoms with van der Waals surface area (Å²) in [5.74, 6) is 0.647. The molecule has 2 fully saturated rings. The Labute approximate surface area is 199 Å². The summed E-state index contributed by atoms with van der Waals surface area (Å²) in [6, 6.07) is 9.94. The van der Waals surface area contributed by atoms with Crippen molar-refractivity contribution in [1.82, 2.24) is 20.1 Å². The molecule has 3 heterocycles. The van der Waals surface area contributed by atoms with Gasteiger partial charge in [0.25, 0.3) is 5.91 Å².